The van der Waals surface area contributed by atoms with Crippen LogP contribution in [0.3, 0.4) is 0 Å². The molecule has 0 aromatic carbocycles. The molecule has 1 saturated heterocycles. The predicted molar refractivity (Wildman–Crippen MR) is 42.9 cm³/mol. The average Bonchev–Trinajstić information content (AvgIpc) is 2.16. The highest BCUT2D eigenvalue weighted by Crippen LogP contribution is 2.17. The van der Waals surface area contributed by atoms with Crippen molar-refractivity contribution in [2.24, 2.45) is 5.92 Å². The van der Waals surface area contributed by atoms with E-state index in [9.17, 15) is 18.4 Å². The molecule has 0 aromatic rings. The number of hydrogen-bond acceptors (Lipinski definition) is 2. The zero-order valence-electron chi connectivity index (χ0n) is 7.45. The molecular formula is C8H11F2NO3. The third kappa shape index (κ3) is 2.40. The molecule has 1 amide bonds. The molecule has 0 saturated carbocycles. The highest BCUT2D eigenvalue weighted by Gasteiger charge is 2.31. The van der Waals surface area contributed by atoms with Crippen molar-refractivity contribution < 1.29 is 23.5 Å². The summed E-state index contributed by atoms with van der Waals surface area (Å²) in [5.41, 5.74) is 0. The maximum atomic E-state index is 12.0. The minimum Gasteiger partial charge on any atom is -0.481 e. The van der Waals surface area contributed by atoms with Gasteiger partial charge in [-0.05, 0) is 12.8 Å². The number of alkyl halides is 2. The van der Waals surface area contributed by atoms with Crippen LogP contribution in [0.2, 0.25) is 0 Å². The summed E-state index contributed by atoms with van der Waals surface area (Å²) in [6, 6.07) is 0. The Kier molecular flexibility index (Phi) is 3.38. The number of aliphatic carboxylic acids is 1. The first-order valence-electron chi connectivity index (χ1n) is 4.32. The molecule has 1 N–H and O–H groups in total. The van der Waals surface area contributed by atoms with Gasteiger partial charge in [-0.25, -0.2) is 0 Å². The Balaban J connectivity index is 2.56. The summed E-state index contributed by atoms with van der Waals surface area (Å²) in [5.74, 6) is -3.00. The molecular weight excluding hydrogens is 196 g/mol. The Hall–Kier alpha value is -1.20. The number of rotatable bonds is 2. The number of nitrogens with zero attached hydrogens (tertiary/aromatic N) is 1. The summed E-state index contributed by atoms with van der Waals surface area (Å²) < 4.78 is 24.0. The van der Waals surface area contributed by atoms with E-state index in [1.54, 1.807) is 0 Å². The van der Waals surface area contributed by atoms with E-state index in [1.165, 1.54) is 0 Å². The number of hydrogen-bond donors (Lipinski definition) is 1. The van der Waals surface area contributed by atoms with Crippen LogP contribution in [0.5, 0.6) is 0 Å². The number of carbonyl (C=O) groups is 2. The van der Waals surface area contributed by atoms with E-state index in [1.807, 2.05) is 0 Å². The lowest BCUT2D eigenvalue weighted by atomic mass is 9.98. The topological polar surface area (TPSA) is 57.6 Å². The van der Waals surface area contributed by atoms with Gasteiger partial charge < -0.3 is 10.0 Å². The first-order valence-corrected chi connectivity index (χ1v) is 4.32. The predicted octanol–water partition coefficient (Wildman–Crippen LogP) is 0.575. The molecule has 14 heavy (non-hydrogen) atoms. The molecule has 6 heteroatoms. The van der Waals surface area contributed by atoms with Gasteiger partial charge in [0.2, 0.25) is 0 Å². The maximum absolute atomic E-state index is 12.0. The zero-order chi connectivity index (χ0) is 10.7. The molecule has 0 aliphatic carbocycles. The van der Waals surface area contributed by atoms with Crippen LogP contribution in [-0.4, -0.2) is 41.4 Å². The second-order valence-corrected chi connectivity index (χ2v) is 3.26. The number of carbonyl (C=O) groups excluding carboxylic acids is 1. The van der Waals surface area contributed by atoms with E-state index in [-0.39, 0.29) is 13.1 Å². The highest BCUT2D eigenvalue weighted by atomic mass is 19.3. The van der Waals surface area contributed by atoms with Crippen molar-refractivity contribution in [2.75, 3.05) is 13.1 Å². The van der Waals surface area contributed by atoms with Gasteiger partial charge in [-0.2, -0.15) is 8.78 Å². The summed E-state index contributed by atoms with van der Waals surface area (Å²) in [6.45, 7) is 0.130. The fourth-order valence-corrected chi connectivity index (χ4v) is 1.52. The fraction of sp³-hybridized carbons (Fsp3) is 0.750. The number of carboxylic acid groups (broad SMARTS) is 1. The van der Waals surface area contributed by atoms with Crippen molar-refractivity contribution in [2.45, 2.75) is 19.3 Å². The third-order valence-corrected chi connectivity index (χ3v) is 2.27. The zero-order valence-corrected chi connectivity index (χ0v) is 7.45. The van der Waals surface area contributed by atoms with Gasteiger partial charge in [0.1, 0.15) is 0 Å². The summed E-state index contributed by atoms with van der Waals surface area (Å²) in [6.07, 6.45) is -2.12. The molecule has 0 spiro atoms. The Labute approximate surface area is 79.5 Å². The van der Waals surface area contributed by atoms with Crippen molar-refractivity contribution in [3.63, 3.8) is 0 Å². The summed E-state index contributed by atoms with van der Waals surface area (Å²) >= 11 is 0. The van der Waals surface area contributed by atoms with E-state index < -0.39 is 24.2 Å². The summed E-state index contributed by atoms with van der Waals surface area (Å²) in [5, 5.41) is 8.65. The van der Waals surface area contributed by atoms with Crippen molar-refractivity contribution in [3.8, 4) is 0 Å². The van der Waals surface area contributed by atoms with E-state index >= 15 is 0 Å². The maximum Gasteiger partial charge on any atom is 0.315 e. The van der Waals surface area contributed by atoms with Crippen LogP contribution in [-0.2, 0) is 9.59 Å². The molecule has 80 valence electrons. The minimum atomic E-state index is -3.04. The van der Waals surface area contributed by atoms with Crippen LogP contribution >= 0.6 is 0 Å². The molecule has 0 unspecified atom stereocenters. The average molecular weight is 207 g/mol. The Morgan fingerprint density at radius 1 is 1.43 bits per heavy atom. The summed E-state index contributed by atoms with van der Waals surface area (Å²) in [4.78, 5) is 22.3. The molecule has 1 aliphatic rings. The number of amides is 1. The second kappa shape index (κ2) is 4.34. The van der Waals surface area contributed by atoms with E-state index in [2.05, 4.69) is 0 Å². The molecule has 1 fully saturated rings. The van der Waals surface area contributed by atoms with E-state index in [0.717, 1.165) is 4.90 Å². The molecule has 0 bridgehead atoms. The number of halogens is 2. The number of likely N-dealkylation sites (tertiary alicyclic amines) is 1. The van der Waals surface area contributed by atoms with Crippen LogP contribution in [0.4, 0.5) is 8.78 Å². The van der Waals surface area contributed by atoms with Gasteiger partial charge in [-0.3, -0.25) is 9.59 Å². The normalized spacial score (nSPS) is 22.5. The number of carboxylic acids is 1. The first kappa shape index (κ1) is 10.9. The Bertz CT molecular complexity index is 245. The van der Waals surface area contributed by atoms with Crippen molar-refractivity contribution >= 4 is 11.9 Å². The van der Waals surface area contributed by atoms with Gasteiger partial charge in [0.05, 0.1) is 5.92 Å². The summed E-state index contributed by atoms with van der Waals surface area (Å²) in [7, 11) is 0. The van der Waals surface area contributed by atoms with Gasteiger partial charge in [0, 0.05) is 13.1 Å². The van der Waals surface area contributed by atoms with Gasteiger partial charge in [0.25, 0.3) is 5.91 Å². The first-order chi connectivity index (χ1) is 6.52. The lowest BCUT2D eigenvalue weighted by Crippen LogP contribution is -2.44. The smallest absolute Gasteiger partial charge is 0.315 e. The lowest BCUT2D eigenvalue weighted by Gasteiger charge is -2.30. The number of piperidine rings is 1. The standard InChI is InChI=1S/C8H11F2NO3/c9-6(10)7(12)11-3-1-2-5(4-11)8(13)14/h5-6H,1-4H2,(H,13,14)/t5-/m1/s1. The van der Waals surface area contributed by atoms with Crippen molar-refractivity contribution in [1.82, 2.24) is 4.90 Å². The molecule has 0 aromatic heterocycles. The van der Waals surface area contributed by atoms with Gasteiger partial charge in [-0.15, -0.1) is 0 Å². The van der Waals surface area contributed by atoms with E-state index in [0.29, 0.717) is 12.8 Å². The van der Waals surface area contributed by atoms with E-state index in [4.69, 9.17) is 5.11 Å². The second-order valence-electron chi connectivity index (χ2n) is 3.26. The third-order valence-electron chi connectivity index (χ3n) is 2.27. The largest absolute Gasteiger partial charge is 0.481 e. The Morgan fingerprint density at radius 3 is 2.57 bits per heavy atom. The molecule has 1 heterocycles. The van der Waals surface area contributed by atoms with Crippen LogP contribution < -0.4 is 0 Å². The quantitative estimate of drug-likeness (QED) is 0.720. The molecule has 0 radical (unpaired) electrons. The van der Waals surface area contributed by atoms with Crippen LogP contribution in [0.25, 0.3) is 0 Å². The monoisotopic (exact) mass is 207 g/mol. The minimum absolute atomic E-state index is 0.0987. The van der Waals surface area contributed by atoms with Crippen molar-refractivity contribution in [1.29, 1.82) is 0 Å². The highest BCUT2D eigenvalue weighted by molar-refractivity contribution is 5.80. The fourth-order valence-electron chi connectivity index (χ4n) is 1.52. The van der Waals surface area contributed by atoms with Gasteiger partial charge in [0.15, 0.2) is 0 Å². The van der Waals surface area contributed by atoms with Gasteiger partial charge >= 0.3 is 12.4 Å². The SMILES string of the molecule is O=C(O)[C@@H]1CCCN(C(=O)C(F)F)C1. The molecule has 1 atom stereocenters. The molecule has 4 nitrogen and oxygen atoms in total. The van der Waals surface area contributed by atoms with Gasteiger partial charge in [-0.1, -0.05) is 0 Å². The van der Waals surface area contributed by atoms with Crippen LogP contribution in [0.1, 0.15) is 12.8 Å². The Morgan fingerprint density at radius 2 is 2.07 bits per heavy atom. The molecule has 1 rings (SSSR count). The molecule has 1 aliphatic heterocycles. The van der Waals surface area contributed by atoms with Crippen molar-refractivity contribution in [3.05, 3.63) is 0 Å². The van der Waals surface area contributed by atoms with Crippen LogP contribution in [0, 0.1) is 5.92 Å². The lowest BCUT2D eigenvalue weighted by molar-refractivity contribution is -0.150. The van der Waals surface area contributed by atoms with Crippen LogP contribution in [0.15, 0.2) is 0 Å².